The van der Waals surface area contributed by atoms with Crippen molar-refractivity contribution in [3.8, 4) is 5.75 Å². The average Bonchev–Trinajstić information content (AvgIpc) is 2.84. The average molecular weight is 251 g/mol. The molecule has 0 unspecified atom stereocenters. The van der Waals surface area contributed by atoms with Crippen LogP contribution in [0, 0.1) is 6.92 Å². The van der Waals surface area contributed by atoms with Crippen LogP contribution in [-0.4, -0.2) is 12.1 Å². The second kappa shape index (κ2) is 4.81. The molecule has 0 saturated carbocycles. The van der Waals surface area contributed by atoms with Crippen molar-refractivity contribution < 1.29 is 4.74 Å². The molecule has 2 heteroatoms. The first kappa shape index (κ1) is 11.8. The van der Waals surface area contributed by atoms with Crippen molar-refractivity contribution >= 4 is 10.9 Å². The van der Waals surface area contributed by atoms with Crippen LogP contribution in [0.2, 0.25) is 0 Å². The minimum absolute atomic E-state index is 0.901. The lowest BCUT2D eigenvalue weighted by atomic mass is 10.0. The number of hydrogen-bond acceptors (Lipinski definition) is 1. The Balaban J connectivity index is 1.94. The number of rotatable bonds is 3. The number of fused-ring (bicyclic) bond motifs is 1. The summed E-state index contributed by atoms with van der Waals surface area (Å²) in [4.78, 5) is 3.37. The zero-order chi connectivity index (χ0) is 13.2. The largest absolute Gasteiger partial charge is 0.497 e. The van der Waals surface area contributed by atoms with Crippen molar-refractivity contribution in [2.45, 2.75) is 13.3 Å². The fraction of sp³-hybridized carbons (Fsp3) is 0.176. The van der Waals surface area contributed by atoms with Crippen LogP contribution in [0.1, 0.15) is 16.7 Å². The van der Waals surface area contributed by atoms with E-state index >= 15 is 0 Å². The lowest BCUT2D eigenvalue weighted by Gasteiger charge is -2.03. The van der Waals surface area contributed by atoms with Gasteiger partial charge in [0.2, 0.25) is 0 Å². The summed E-state index contributed by atoms with van der Waals surface area (Å²) in [5.74, 6) is 0.901. The van der Waals surface area contributed by atoms with Gasteiger partial charge < -0.3 is 9.72 Å². The van der Waals surface area contributed by atoms with E-state index < -0.39 is 0 Å². The number of nitrogens with one attached hydrogen (secondary N) is 1. The van der Waals surface area contributed by atoms with Crippen LogP contribution < -0.4 is 4.74 Å². The molecule has 0 amide bonds. The van der Waals surface area contributed by atoms with Crippen molar-refractivity contribution in [1.29, 1.82) is 0 Å². The highest BCUT2D eigenvalue weighted by Crippen LogP contribution is 2.24. The number of aromatic amines is 1. The van der Waals surface area contributed by atoms with Gasteiger partial charge in [0.05, 0.1) is 7.11 Å². The molecule has 3 aromatic rings. The van der Waals surface area contributed by atoms with E-state index in [1.54, 1.807) is 7.11 Å². The van der Waals surface area contributed by atoms with Crippen LogP contribution in [0.3, 0.4) is 0 Å². The van der Waals surface area contributed by atoms with Gasteiger partial charge in [-0.05, 0) is 42.2 Å². The van der Waals surface area contributed by atoms with Gasteiger partial charge in [0.1, 0.15) is 5.75 Å². The van der Waals surface area contributed by atoms with E-state index in [1.807, 2.05) is 12.1 Å². The molecule has 96 valence electrons. The van der Waals surface area contributed by atoms with Crippen LogP contribution in [0.5, 0.6) is 5.75 Å². The zero-order valence-electron chi connectivity index (χ0n) is 11.2. The number of para-hydroxylation sites is 1. The monoisotopic (exact) mass is 251 g/mol. The van der Waals surface area contributed by atoms with Crippen LogP contribution in [-0.2, 0) is 6.42 Å². The highest BCUT2D eigenvalue weighted by Gasteiger charge is 2.06. The second-order valence-electron chi connectivity index (χ2n) is 4.84. The van der Waals surface area contributed by atoms with E-state index in [0.29, 0.717) is 0 Å². The lowest BCUT2D eigenvalue weighted by molar-refractivity contribution is 0.414. The van der Waals surface area contributed by atoms with E-state index in [0.717, 1.165) is 12.2 Å². The van der Waals surface area contributed by atoms with Gasteiger partial charge in [0, 0.05) is 17.1 Å². The number of H-pyrrole nitrogens is 1. The van der Waals surface area contributed by atoms with E-state index in [2.05, 4.69) is 48.4 Å². The number of benzene rings is 2. The Morgan fingerprint density at radius 1 is 1.05 bits per heavy atom. The summed E-state index contributed by atoms with van der Waals surface area (Å²) < 4.78 is 5.18. The van der Waals surface area contributed by atoms with Gasteiger partial charge in [-0.25, -0.2) is 0 Å². The Bertz CT molecular complexity index is 695. The first-order chi connectivity index (χ1) is 9.28. The molecule has 3 rings (SSSR count). The van der Waals surface area contributed by atoms with Crippen LogP contribution in [0.25, 0.3) is 10.9 Å². The smallest absolute Gasteiger partial charge is 0.118 e. The Morgan fingerprint density at radius 3 is 2.58 bits per heavy atom. The highest BCUT2D eigenvalue weighted by atomic mass is 16.5. The highest BCUT2D eigenvalue weighted by molar-refractivity contribution is 5.86. The quantitative estimate of drug-likeness (QED) is 0.745. The summed E-state index contributed by atoms with van der Waals surface area (Å²) in [5.41, 5.74) is 5.16. The fourth-order valence-electron chi connectivity index (χ4n) is 2.47. The summed E-state index contributed by atoms with van der Waals surface area (Å²) in [5, 5.41) is 1.32. The molecule has 0 saturated heterocycles. The third-order valence-corrected chi connectivity index (χ3v) is 3.56. The summed E-state index contributed by atoms with van der Waals surface area (Å²) in [6, 6.07) is 14.7. The summed E-state index contributed by atoms with van der Waals surface area (Å²) in [6.45, 7) is 2.13. The maximum absolute atomic E-state index is 5.18. The molecule has 2 nitrogen and oxygen atoms in total. The molecule has 2 aromatic carbocycles. The predicted molar refractivity (Wildman–Crippen MR) is 78.8 cm³/mol. The van der Waals surface area contributed by atoms with Gasteiger partial charge in [0.15, 0.2) is 0 Å². The number of hydrogen-bond donors (Lipinski definition) is 1. The first-order valence-corrected chi connectivity index (χ1v) is 6.46. The predicted octanol–water partition coefficient (Wildman–Crippen LogP) is 4.08. The molecule has 0 bridgehead atoms. The van der Waals surface area contributed by atoms with Crippen LogP contribution in [0.4, 0.5) is 0 Å². The van der Waals surface area contributed by atoms with E-state index in [4.69, 9.17) is 4.74 Å². The van der Waals surface area contributed by atoms with Gasteiger partial charge in [-0.3, -0.25) is 0 Å². The lowest BCUT2D eigenvalue weighted by Crippen LogP contribution is -1.88. The minimum atomic E-state index is 0.901. The zero-order valence-corrected chi connectivity index (χ0v) is 11.2. The molecule has 0 spiro atoms. The van der Waals surface area contributed by atoms with Gasteiger partial charge in [-0.15, -0.1) is 0 Å². The number of methoxy groups -OCH3 is 1. The maximum Gasteiger partial charge on any atom is 0.118 e. The molecular weight excluding hydrogens is 234 g/mol. The van der Waals surface area contributed by atoms with E-state index in [1.165, 1.54) is 27.6 Å². The van der Waals surface area contributed by atoms with Crippen molar-refractivity contribution in [2.75, 3.05) is 7.11 Å². The molecule has 19 heavy (non-hydrogen) atoms. The topological polar surface area (TPSA) is 25.0 Å². The normalized spacial score (nSPS) is 10.8. The third kappa shape index (κ3) is 2.22. The van der Waals surface area contributed by atoms with Crippen molar-refractivity contribution in [3.05, 3.63) is 65.4 Å². The molecule has 1 N–H and O–H groups in total. The van der Waals surface area contributed by atoms with Gasteiger partial charge in [0.25, 0.3) is 0 Å². The molecule has 1 heterocycles. The molecule has 1 aromatic heterocycles. The number of aromatic nitrogens is 1. The van der Waals surface area contributed by atoms with Gasteiger partial charge in [-0.2, -0.15) is 0 Å². The molecule has 0 aliphatic carbocycles. The fourth-order valence-corrected chi connectivity index (χ4v) is 2.47. The van der Waals surface area contributed by atoms with Gasteiger partial charge in [-0.1, -0.05) is 30.3 Å². The molecule has 0 aliphatic heterocycles. The van der Waals surface area contributed by atoms with Crippen LogP contribution >= 0.6 is 0 Å². The molecule has 0 radical (unpaired) electrons. The Kier molecular flexibility index (Phi) is 3.00. The molecule has 0 aliphatic rings. The Morgan fingerprint density at radius 2 is 1.84 bits per heavy atom. The van der Waals surface area contributed by atoms with E-state index in [-0.39, 0.29) is 0 Å². The number of aryl methyl sites for hydroxylation is 1. The maximum atomic E-state index is 5.18. The number of ether oxygens (including phenoxy) is 1. The van der Waals surface area contributed by atoms with Crippen LogP contribution in [0.15, 0.2) is 48.7 Å². The van der Waals surface area contributed by atoms with Crippen molar-refractivity contribution in [1.82, 2.24) is 4.98 Å². The molecule has 0 fully saturated rings. The standard InChI is InChI=1S/C17H17NO/c1-12-4-3-5-16-14(11-18-17(12)16)10-13-6-8-15(19-2)9-7-13/h3-9,11,18H,10H2,1-2H3. The van der Waals surface area contributed by atoms with E-state index in [9.17, 15) is 0 Å². The molecular formula is C17H17NO. The first-order valence-electron chi connectivity index (χ1n) is 6.46. The van der Waals surface area contributed by atoms with Crippen molar-refractivity contribution in [3.63, 3.8) is 0 Å². The molecule has 0 atom stereocenters. The van der Waals surface area contributed by atoms with Crippen molar-refractivity contribution in [2.24, 2.45) is 0 Å². The van der Waals surface area contributed by atoms with Gasteiger partial charge >= 0.3 is 0 Å². The SMILES string of the molecule is COc1ccc(Cc2c[nH]c3c(C)cccc23)cc1. The summed E-state index contributed by atoms with van der Waals surface area (Å²) in [6.07, 6.45) is 3.05. The second-order valence-corrected chi connectivity index (χ2v) is 4.84. The summed E-state index contributed by atoms with van der Waals surface area (Å²) >= 11 is 0. The Labute approximate surface area is 113 Å². The minimum Gasteiger partial charge on any atom is -0.497 e. The third-order valence-electron chi connectivity index (χ3n) is 3.56. The summed E-state index contributed by atoms with van der Waals surface area (Å²) in [7, 11) is 1.69. The Hall–Kier alpha value is -2.22.